The van der Waals surface area contributed by atoms with E-state index in [1.807, 2.05) is 24.2 Å². The first kappa shape index (κ1) is 13.8. The smallest absolute Gasteiger partial charge is 0.272 e. The van der Waals surface area contributed by atoms with E-state index in [1.165, 1.54) is 12.0 Å². The van der Waals surface area contributed by atoms with E-state index in [0.29, 0.717) is 11.6 Å². The van der Waals surface area contributed by atoms with Gasteiger partial charge in [0.25, 0.3) is 5.91 Å². The molecule has 0 unspecified atom stereocenters. The van der Waals surface area contributed by atoms with Crippen molar-refractivity contribution in [2.45, 2.75) is 19.3 Å². The SMILES string of the molecule is Cn1nccc1C(=O)N1CCC[C@H](Cc2cccnc2)C1. The topological polar surface area (TPSA) is 51.0 Å². The monoisotopic (exact) mass is 284 g/mol. The summed E-state index contributed by atoms with van der Waals surface area (Å²) in [6, 6.07) is 5.86. The predicted molar refractivity (Wildman–Crippen MR) is 79.8 cm³/mol. The summed E-state index contributed by atoms with van der Waals surface area (Å²) in [7, 11) is 1.81. The Morgan fingerprint density at radius 1 is 1.38 bits per heavy atom. The van der Waals surface area contributed by atoms with E-state index in [1.54, 1.807) is 23.1 Å². The molecule has 0 saturated carbocycles. The zero-order chi connectivity index (χ0) is 14.7. The number of amides is 1. The van der Waals surface area contributed by atoms with Crippen molar-refractivity contribution in [3.05, 3.63) is 48.0 Å². The highest BCUT2D eigenvalue weighted by molar-refractivity contribution is 5.92. The van der Waals surface area contributed by atoms with Gasteiger partial charge >= 0.3 is 0 Å². The molecule has 0 bridgehead atoms. The zero-order valence-corrected chi connectivity index (χ0v) is 12.3. The quantitative estimate of drug-likeness (QED) is 0.865. The Labute approximate surface area is 124 Å². The van der Waals surface area contributed by atoms with E-state index in [9.17, 15) is 4.79 Å². The third-order valence-corrected chi connectivity index (χ3v) is 4.09. The largest absolute Gasteiger partial charge is 0.337 e. The van der Waals surface area contributed by atoms with Gasteiger partial charge in [0.1, 0.15) is 5.69 Å². The van der Waals surface area contributed by atoms with Crippen molar-refractivity contribution in [1.82, 2.24) is 19.7 Å². The number of pyridine rings is 1. The van der Waals surface area contributed by atoms with Gasteiger partial charge < -0.3 is 4.90 Å². The van der Waals surface area contributed by atoms with Crippen LogP contribution in [0.2, 0.25) is 0 Å². The number of carbonyl (C=O) groups is 1. The maximum atomic E-state index is 12.5. The van der Waals surface area contributed by atoms with Crippen LogP contribution in [-0.4, -0.2) is 38.7 Å². The minimum atomic E-state index is 0.0888. The second-order valence-electron chi connectivity index (χ2n) is 5.66. The number of aryl methyl sites for hydroxylation is 1. The summed E-state index contributed by atoms with van der Waals surface area (Å²) in [6.45, 7) is 1.66. The van der Waals surface area contributed by atoms with Crippen molar-refractivity contribution in [1.29, 1.82) is 0 Å². The lowest BCUT2D eigenvalue weighted by molar-refractivity contribution is 0.0662. The number of hydrogen-bond acceptors (Lipinski definition) is 3. The van der Waals surface area contributed by atoms with Crippen LogP contribution in [-0.2, 0) is 13.5 Å². The molecule has 1 saturated heterocycles. The van der Waals surface area contributed by atoms with Crippen LogP contribution >= 0.6 is 0 Å². The van der Waals surface area contributed by atoms with Gasteiger partial charge in [-0.3, -0.25) is 14.5 Å². The van der Waals surface area contributed by atoms with Gasteiger partial charge in [-0.25, -0.2) is 0 Å². The number of nitrogens with zero attached hydrogens (tertiary/aromatic N) is 4. The number of carbonyl (C=O) groups excluding carboxylic acids is 1. The average Bonchev–Trinajstić information content (AvgIpc) is 2.94. The molecule has 3 heterocycles. The average molecular weight is 284 g/mol. The van der Waals surface area contributed by atoms with Gasteiger partial charge in [-0.05, 0) is 42.9 Å². The number of likely N-dealkylation sites (tertiary alicyclic amines) is 1. The van der Waals surface area contributed by atoms with E-state index < -0.39 is 0 Å². The summed E-state index contributed by atoms with van der Waals surface area (Å²) < 4.78 is 1.65. The molecule has 1 aliphatic heterocycles. The second-order valence-corrected chi connectivity index (χ2v) is 5.66. The summed E-state index contributed by atoms with van der Waals surface area (Å²) in [5.41, 5.74) is 1.91. The molecule has 0 radical (unpaired) electrons. The third kappa shape index (κ3) is 3.12. The molecule has 0 aliphatic carbocycles. The molecule has 1 fully saturated rings. The molecule has 0 N–H and O–H groups in total. The predicted octanol–water partition coefficient (Wildman–Crippen LogP) is 1.91. The Balaban J connectivity index is 1.66. The van der Waals surface area contributed by atoms with Crippen LogP contribution < -0.4 is 0 Å². The molecular weight excluding hydrogens is 264 g/mol. The maximum Gasteiger partial charge on any atom is 0.272 e. The molecule has 110 valence electrons. The summed E-state index contributed by atoms with van der Waals surface area (Å²) in [6.07, 6.45) is 8.61. The second kappa shape index (κ2) is 6.08. The van der Waals surface area contributed by atoms with Crippen molar-refractivity contribution in [3.63, 3.8) is 0 Å². The Morgan fingerprint density at radius 2 is 2.29 bits per heavy atom. The van der Waals surface area contributed by atoms with Crippen LogP contribution in [0.5, 0.6) is 0 Å². The Bertz CT molecular complexity index is 608. The number of rotatable bonds is 3. The molecule has 0 aromatic carbocycles. The van der Waals surface area contributed by atoms with Crippen molar-refractivity contribution in [2.75, 3.05) is 13.1 Å². The van der Waals surface area contributed by atoms with Gasteiger partial charge in [0, 0.05) is 38.7 Å². The minimum Gasteiger partial charge on any atom is -0.337 e. The highest BCUT2D eigenvalue weighted by Crippen LogP contribution is 2.21. The number of aromatic nitrogens is 3. The number of hydrogen-bond donors (Lipinski definition) is 0. The van der Waals surface area contributed by atoms with E-state index in [0.717, 1.165) is 25.9 Å². The van der Waals surface area contributed by atoms with Gasteiger partial charge in [-0.15, -0.1) is 0 Å². The van der Waals surface area contributed by atoms with E-state index in [-0.39, 0.29) is 5.91 Å². The van der Waals surface area contributed by atoms with Gasteiger partial charge in [0.05, 0.1) is 0 Å². The van der Waals surface area contributed by atoms with Crippen molar-refractivity contribution in [3.8, 4) is 0 Å². The highest BCUT2D eigenvalue weighted by atomic mass is 16.2. The van der Waals surface area contributed by atoms with Crippen LogP contribution in [0.3, 0.4) is 0 Å². The first-order chi connectivity index (χ1) is 10.2. The molecule has 1 atom stereocenters. The fraction of sp³-hybridized carbons (Fsp3) is 0.438. The van der Waals surface area contributed by atoms with E-state index >= 15 is 0 Å². The molecule has 2 aromatic rings. The zero-order valence-electron chi connectivity index (χ0n) is 12.3. The molecule has 21 heavy (non-hydrogen) atoms. The Morgan fingerprint density at radius 3 is 3.00 bits per heavy atom. The summed E-state index contributed by atoms with van der Waals surface area (Å²) in [4.78, 5) is 18.7. The standard InChI is InChI=1S/C16H20N4O/c1-19-15(6-8-18-19)16(21)20-9-3-5-14(12-20)10-13-4-2-7-17-11-13/h2,4,6-8,11,14H,3,5,9-10,12H2,1H3/t14-/m1/s1. The van der Waals surface area contributed by atoms with E-state index in [2.05, 4.69) is 16.1 Å². The maximum absolute atomic E-state index is 12.5. The minimum absolute atomic E-state index is 0.0888. The van der Waals surface area contributed by atoms with Gasteiger partial charge in [-0.2, -0.15) is 5.10 Å². The summed E-state index contributed by atoms with van der Waals surface area (Å²) >= 11 is 0. The van der Waals surface area contributed by atoms with Crippen molar-refractivity contribution >= 4 is 5.91 Å². The molecule has 1 aliphatic rings. The van der Waals surface area contributed by atoms with Crippen LogP contribution in [0.4, 0.5) is 0 Å². The third-order valence-electron chi connectivity index (χ3n) is 4.09. The highest BCUT2D eigenvalue weighted by Gasteiger charge is 2.25. The van der Waals surface area contributed by atoms with Gasteiger partial charge in [-0.1, -0.05) is 6.07 Å². The lowest BCUT2D eigenvalue weighted by atomic mass is 9.92. The summed E-state index contributed by atoms with van der Waals surface area (Å²) in [5, 5.41) is 4.08. The lowest BCUT2D eigenvalue weighted by Crippen LogP contribution is -2.41. The molecular formula is C16H20N4O. The molecule has 2 aromatic heterocycles. The first-order valence-corrected chi connectivity index (χ1v) is 7.40. The van der Waals surface area contributed by atoms with Crippen LogP contribution in [0.25, 0.3) is 0 Å². The number of piperidine rings is 1. The van der Waals surface area contributed by atoms with Gasteiger partial charge in [0.15, 0.2) is 0 Å². The van der Waals surface area contributed by atoms with Crippen molar-refractivity contribution < 1.29 is 4.79 Å². The van der Waals surface area contributed by atoms with Crippen LogP contribution in [0.15, 0.2) is 36.8 Å². The summed E-state index contributed by atoms with van der Waals surface area (Å²) in [5.74, 6) is 0.603. The Kier molecular flexibility index (Phi) is 3.99. The molecule has 0 spiro atoms. The molecule has 3 rings (SSSR count). The molecule has 5 heteroatoms. The first-order valence-electron chi connectivity index (χ1n) is 7.40. The molecule has 5 nitrogen and oxygen atoms in total. The lowest BCUT2D eigenvalue weighted by Gasteiger charge is -2.32. The normalized spacial score (nSPS) is 18.7. The molecule has 1 amide bonds. The fourth-order valence-corrected chi connectivity index (χ4v) is 3.01. The van der Waals surface area contributed by atoms with E-state index in [4.69, 9.17) is 0 Å². The van der Waals surface area contributed by atoms with Crippen molar-refractivity contribution in [2.24, 2.45) is 13.0 Å². The fourth-order valence-electron chi connectivity index (χ4n) is 3.01. The van der Waals surface area contributed by atoms with Crippen LogP contribution in [0, 0.1) is 5.92 Å². The van der Waals surface area contributed by atoms with Crippen LogP contribution in [0.1, 0.15) is 28.9 Å². The Hall–Kier alpha value is -2.17. The van der Waals surface area contributed by atoms with Gasteiger partial charge in [0.2, 0.25) is 0 Å².